The first-order valence-corrected chi connectivity index (χ1v) is 15.2. The number of benzene rings is 4. The van der Waals surface area contributed by atoms with Gasteiger partial charge in [0.25, 0.3) is 0 Å². The van der Waals surface area contributed by atoms with E-state index >= 15 is 0 Å². The molecule has 2 aliphatic rings. The van der Waals surface area contributed by atoms with Gasteiger partial charge in [0.15, 0.2) is 0 Å². The Hall–Kier alpha value is -6.14. The highest BCUT2D eigenvalue weighted by molar-refractivity contribution is 6.55. The summed E-state index contributed by atoms with van der Waals surface area (Å²) in [5, 5.41) is 0. The van der Waals surface area contributed by atoms with Gasteiger partial charge >= 0.3 is 0 Å². The van der Waals surface area contributed by atoms with E-state index in [1.54, 1.807) is 24.8 Å². The standard InChI is InChI=1S/C40H28N6/c1-5-13-29(14-6-1)35-36(30-15-7-2-8-16-30)44-39(43-35,33-21-25-41-26-22-33)40(34-23-27-42-28-24-34)45-37(31-17-9-3-10-18-31)38(46-40)32-19-11-4-12-20-32/h1-28H. The Kier molecular flexibility index (Phi) is 6.80. The second-order valence-corrected chi connectivity index (χ2v) is 11.1. The molecule has 6 nitrogen and oxygen atoms in total. The Labute approximate surface area is 267 Å². The Morgan fingerprint density at radius 1 is 0.283 bits per heavy atom. The van der Waals surface area contributed by atoms with Crippen molar-refractivity contribution in [1.29, 1.82) is 0 Å². The van der Waals surface area contributed by atoms with E-state index in [0.717, 1.165) is 56.2 Å². The van der Waals surface area contributed by atoms with Crippen LogP contribution in [0.4, 0.5) is 0 Å². The van der Waals surface area contributed by atoms with Gasteiger partial charge in [-0.05, 0) is 24.3 Å². The highest BCUT2D eigenvalue weighted by atomic mass is 15.3. The lowest BCUT2D eigenvalue weighted by Gasteiger charge is -2.38. The predicted octanol–water partition coefficient (Wildman–Crippen LogP) is 7.47. The molecule has 0 atom stereocenters. The average molecular weight is 593 g/mol. The third-order valence-corrected chi connectivity index (χ3v) is 8.38. The molecule has 0 saturated heterocycles. The molecule has 0 spiro atoms. The molecule has 0 saturated carbocycles. The minimum absolute atomic E-state index is 0.775. The van der Waals surface area contributed by atoms with Crippen molar-refractivity contribution in [3.63, 3.8) is 0 Å². The predicted molar refractivity (Wildman–Crippen MR) is 184 cm³/mol. The SMILES string of the molecule is c1ccc(C2=NC(c3ccncc3)(C3(c4ccncc4)N=C(c4ccccc4)C(c4ccccc4)=N3)N=C2c2ccccc2)cc1. The second kappa shape index (κ2) is 11.4. The normalized spacial score (nSPS) is 16.3. The zero-order valence-electron chi connectivity index (χ0n) is 24.8. The molecule has 6 aromatic rings. The maximum absolute atomic E-state index is 5.66. The summed E-state index contributed by atoms with van der Waals surface area (Å²) in [5.41, 5.74) is 5.94. The molecule has 218 valence electrons. The zero-order valence-corrected chi connectivity index (χ0v) is 24.8. The smallest absolute Gasteiger partial charge is 0.226 e. The first kappa shape index (κ1) is 27.4. The highest BCUT2D eigenvalue weighted by Gasteiger charge is 2.60. The van der Waals surface area contributed by atoms with Crippen LogP contribution in [0.2, 0.25) is 0 Å². The number of hydrogen-bond donors (Lipinski definition) is 0. The average Bonchev–Trinajstić information content (AvgIpc) is 3.77. The van der Waals surface area contributed by atoms with Gasteiger partial charge in [-0.3, -0.25) is 9.97 Å². The number of rotatable bonds is 7. The van der Waals surface area contributed by atoms with Gasteiger partial charge in [0.05, 0.1) is 22.8 Å². The molecule has 0 N–H and O–H groups in total. The van der Waals surface area contributed by atoms with Crippen molar-refractivity contribution in [1.82, 2.24) is 9.97 Å². The maximum atomic E-state index is 5.66. The fraction of sp³-hybridized carbons (Fsp3) is 0.0500. The lowest BCUT2D eigenvalue weighted by atomic mass is 9.82. The molecule has 4 aromatic carbocycles. The Bertz CT molecular complexity index is 1840. The van der Waals surface area contributed by atoms with Crippen LogP contribution < -0.4 is 0 Å². The summed E-state index contributed by atoms with van der Waals surface area (Å²) in [4.78, 5) is 31.4. The van der Waals surface area contributed by atoms with Crippen LogP contribution in [0.15, 0.2) is 190 Å². The first-order valence-electron chi connectivity index (χ1n) is 15.2. The summed E-state index contributed by atoms with van der Waals surface area (Å²) in [6.45, 7) is 0. The van der Waals surface area contributed by atoms with Crippen LogP contribution >= 0.6 is 0 Å². The van der Waals surface area contributed by atoms with Crippen molar-refractivity contribution in [3.8, 4) is 0 Å². The minimum atomic E-state index is -1.33. The molecule has 2 aliphatic heterocycles. The minimum Gasteiger partial charge on any atom is -0.265 e. The lowest BCUT2D eigenvalue weighted by molar-refractivity contribution is 0.256. The second-order valence-electron chi connectivity index (χ2n) is 11.1. The molecule has 0 amide bonds. The van der Waals surface area contributed by atoms with Gasteiger partial charge in [-0.15, -0.1) is 0 Å². The molecule has 6 heteroatoms. The van der Waals surface area contributed by atoms with Crippen LogP contribution in [-0.2, 0) is 11.3 Å². The quantitative estimate of drug-likeness (QED) is 0.193. The molecule has 0 radical (unpaired) electrons. The van der Waals surface area contributed by atoms with Crippen molar-refractivity contribution in [2.24, 2.45) is 20.0 Å². The van der Waals surface area contributed by atoms with E-state index in [2.05, 4.69) is 58.5 Å². The van der Waals surface area contributed by atoms with E-state index in [0.29, 0.717) is 0 Å². The fourth-order valence-corrected chi connectivity index (χ4v) is 6.24. The van der Waals surface area contributed by atoms with Gasteiger partial charge in [0, 0.05) is 58.2 Å². The van der Waals surface area contributed by atoms with Gasteiger partial charge in [-0.25, -0.2) is 20.0 Å². The Morgan fingerprint density at radius 2 is 0.522 bits per heavy atom. The maximum Gasteiger partial charge on any atom is 0.226 e. The third kappa shape index (κ3) is 4.50. The van der Waals surface area contributed by atoms with E-state index < -0.39 is 11.3 Å². The first-order chi connectivity index (χ1) is 22.8. The lowest BCUT2D eigenvalue weighted by Crippen LogP contribution is -2.43. The van der Waals surface area contributed by atoms with E-state index in [1.807, 2.05) is 97.1 Å². The van der Waals surface area contributed by atoms with Crippen molar-refractivity contribution in [2.45, 2.75) is 11.3 Å². The number of nitrogens with zero attached hydrogens (tertiary/aromatic N) is 6. The monoisotopic (exact) mass is 592 g/mol. The third-order valence-electron chi connectivity index (χ3n) is 8.38. The Morgan fingerprint density at radius 3 is 0.761 bits per heavy atom. The summed E-state index contributed by atoms with van der Waals surface area (Å²) in [7, 11) is 0. The topological polar surface area (TPSA) is 75.2 Å². The molecule has 8 rings (SSSR count). The molecule has 0 unspecified atom stereocenters. The molecule has 46 heavy (non-hydrogen) atoms. The molecule has 0 fully saturated rings. The van der Waals surface area contributed by atoms with Crippen LogP contribution in [0.5, 0.6) is 0 Å². The largest absolute Gasteiger partial charge is 0.265 e. The molecular formula is C40H28N6. The number of aromatic nitrogens is 2. The highest BCUT2D eigenvalue weighted by Crippen LogP contribution is 2.54. The van der Waals surface area contributed by atoms with Gasteiger partial charge < -0.3 is 0 Å². The Balaban J connectivity index is 1.52. The number of pyridine rings is 2. The van der Waals surface area contributed by atoms with Crippen LogP contribution in [0.1, 0.15) is 33.4 Å². The van der Waals surface area contributed by atoms with E-state index in [1.165, 1.54) is 0 Å². The molecular weight excluding hydrogens is 564 g/mol. The fourth-order valence-electron chi connectivity index (χ4n) is 6.24. The van der Waals surface area contributed by atoms with Crippen molar-refractivity contribution in [2.75, 3.05) is 0 Å². The number of aliphatic imine (C=N–C) groups is 4. The molecule has 4 heterocycles. The van der Waals surface area contributed by atoms with Crippen molar-refractivity contribution < 1.29 is 0 Å². The van der Waals surface area contributed by atoms with Gasteiger partial charge in [0.2, 0.25) is 11.3 Å². The summed E-state index contributed by atoms with van der Waals surface area (Å²) >= 11 is 0. The summed E-state index contributed by atoms with van der Waals surface area (Å²) < 4.78 is 0. The van der Waals surface area contributed by atoms with Crippen LogP contribution in [0.25, 0.3) is 0 Å². The van der Waals surface area contributed by atoms with Gasteiger partial charge in [0.1, 0.15) is 0 Å². The molecule has 2 aromatic heterocycles. The van der Waals surface area contributed by atoms with Crippen LogP contribution in [0, 0.1) is 0 Å². The van der Waals surface area contributed by atoms with E-state index in [-0.39, 0.29) is 0 Å². The van der Waals surface area contributed by atoms with Crippen LogP contribution in [0.3, 0.4) is 0 Å². The van der Waals surface area contributed by atoms with Crippen molar-refractivity contribution in [3.05, 3.63) is 204 Å². The molecule has 0 aliphatic carbocycles. The number of hydrogen-bond acceptors (Lipinski definition) is 6. The van der Waals surface area contributed by atoms with E-state index in [4.69, 9.17) is 20.0 Å². The van der Waals surface area contributed by atoms with Crippen LogP contribution in [-0.4, -0.2) is 32.8 Å². The summed E-state index contributed by atoms with van der Waals surface area (Å²) in [6.07, 6.45) is 7.13. The summed E-state index contributed by atoms with van der Waals surface area (Å²) in [5.74, 6) is 0. The van der Waals surface area contributed by atoms with Gasteiger partial charge in [-0.2, -0.15) is 0 Å². The van der Waals surface area contributed by atoms with Crippen molar-refractivity contribution >= 4 is 22.8 Å². The van der Waals surface area contributed by atoms with E-state index in [9.17, 15) is 0 Å². The molecule has 0 bridgehead atoms. The zero-order chi connectivity index (χ0) is 30.8. The van der Waals surface area contributed by atoms with Gasteiger partial charge in [-0.1, -0.05) is 121 Å². The summed E-state index contributed by atoms with van der Waals surface area (Å²) in [6, 6.07) is 48.7.